The van der Waals surface area contributed by atoms with Crippen LogP contribution in [0.5, 0.6) is 0 Å². The minimum Gasteiger partial charge on any atom is -0.325 e. The van der Waals surface area contributed by atoms with Crippen molar-refractivity contribution in [1.82, 2.24) is 0 Å². The topological polar surface area (TPSA) is 29.1 Å². The van der Waals surface area contributed by atoms with E-state index in [0.29, 0.717) is 0 Å². The van der Waals surface area contributed by atoms with E-state index >= 15 is 0 Å². The molecule has 20 heavy (non-hydrogen) atoms. The van der Waals surface area contributed by atoms with E-state index in [1.165, 1.54) is 36.8 Å². The van der Waals surface area contributed by atoms with Crippen molar-refractivity contribution in [1.29, 1.82) is 0 Å². The Morgan fingerprint density at radius 3 is 2.55 bits per heavy atom. The molecule has 3 rings (SSSR count). The van der Waals surface area contributed by atoms with Gasteiger partial charge in [-0.1, -0.05) is 58.6 Å². The normalized spacial score (nSPS) is 22.9. The van der Waals surface area contributed by atoms with E-state index in [-0.39, 0.29) is 17.2 Å². The number of benzene rings is 1. The molecule has 1 aliphatic carbocycles. The Kier molecular flexibility index (Phi) is 3.35. The molecular weight excluding hydrogens is 246 g/mol. The Balaban J connectivity index is 1.89. The van der Waals surface area contributed by atoms with Crippen LogP contribution in [0.3, 0.4) is 0 Å². The number of fused-ring (bicyclic) bond motifs is 1. The van der Waals surface area contributed by atoms with Gasteiger partial charge >= 0.3 is 0 Å². The zero-order valence-electron chi connectivity index (χ0n) is 12.8. The van der Waals surface area contributed by atoms with Crippen molar-refractivity contribution in [3.8, 4) is 0 Å². The molecule has 0 bridgehead atoms. The minimum absolute atomic E-state index is 0.0791. The van der Waals surface area contributed by atoms with Crippen LogP contribution in [0.2, 0.25) is 0 Å². The van der Waals surface area contributed by atoms with Crippen LogP contribution in [0, 0.1) is 5.92 Å². The van der Waals surface area contributed by atoms with Crippen molar-refractivity contribution in [2.24, 2.45) is 5.92 Å². The van der Waals surface area contributed by atoms with Crippen LogP contribution in [0.4, 0.5) is 5.69 Å². The molecule has 1 amide bonds. The largest absolute Gasteiger partial charge is 0.325 e. The average Bonchev–Trinajstić information content (AvgIpc) is 2.97. The zero-order valence-corrected chi connectivity index (χ0v) is 12.8. The van der Waals surface area contributed by atoms with Gasteiger partial charge in [-0.25, -0.2) is 0 Å². The molecule has 2 heteroatoms. The van der Waals surface area contributed by atoms with E-state index in [4.69, 9.17) is 0 Å². The Bertz CT molecular complexity index is 521. The molecule has 2 nitrogen and oxygen atoms in total. The number of carbonyl (C=O) groups is 1. The zero-order chi connectivity index (χ0) is 14.3. The van der Waals surface area contributed by atoms with Crippen molar-refractivity contribution in [3.63, 3.8) is 0 Å². The molecule has 2 aliphatic rings. The molecule has 1 N–H and O–H groups in total. The summed E-state index contributed by atoms with van der Waals surface area (Å²) in [6.07, 6.45) is 6.32. The summed E-state index contributed by atoms with van der Waals surface area (Å²) in [5.74, 6) is 1.03. The van der Waals surface area contributed by atoms with Crippen molar-refractivity contribution in [2.45, 2.75) is 64.2 Å². The number of rotatable bonds is 2. The first kappa shape index (κ1) is 13.7. The summed E-state index contributed by atoms with van der Waals surface area (Å²) in [5, 5.41) is 3.06. The quantitative estimate of drug-likeness (QED) is 0.836. The number of nitrogens with one attached hydrogen (secondary N) is 1. The standard InChI is InChI=1S/C18H25NO/c1-18(2,3)13-8-9-16-14(11-13)15(17(20)19-16)10-12-6-4-5-7-12/h8-9,11-12,15H,4-7,10H2,1-3H3,(H,19,20). The highest BCUT2D eigenvalue weighted by atomic mass is 16.2. The average molecular weight is 271 g/mol. The van der Waals surface area contributed by atoms with E-state index < -0.39 is 0 Å². The third kappa shape index (κ3) is 2.48. The molecule has 1 saturated carbocycles. The van der Waals surface area contributed by atoms with Gasteiger partial charge in [0, 0.05) is 5.69 Å². The molecule has 0 spiro atoms. The molecule has 1 heterocycles. The van der Waals surface area contributed by atoms with E-state index in [0.717, 1.165) is 18.0 Å². The molecule has 0 aromatic heterocycles. The van der Waals surface area contributed by atoms with Crippen LogP contribution in [0.25, 0.3) is 0 Å². The van der Waals surface area contributed by atoms with E-state index in [2.05, 4.69) is 44.3 Å². The molecule has 1 unspecified atom stereocenters. The monoisotopic (exact) mass is 271 g/mol. The summed E-state index contributed by atoms with van der Waals surface area (Å²) in [6, 6.07) is 6.49. The molecule has 1 aromatic rings. The van der Waals surface area contributed by atoms with E-state index in [9.17, 15) is 4.79 Å². The highest BCUT2D eigenvalue weighted by Gasteiger charge is 2.34. The number of amides is 1. The fraction of sp³-hybridized carbons (Fsp3) is 0.611. The molecule has 1 aliphatic heterocycles. The SMILES string of the molecule is CC(C)(C)c1ccc2c(c1)C(CC1CCCC1)C(=O)N2. The van der Waals surface area contributed by atoms with Gasteiger partial charge in [0.05, 0.1) is 5.92 Å². The van der Waals surface area contributed by atoms with Gasteiger partial charge in [0.25, 0.3) is 0 Å². The van der Waals surface area contributed by atoms with Gasteiger partial charge in [0.15, 0.2) is 0 Å². The molecule has 0 radical (unpaired) electrons. The molecule has 1 fully saturated rings. The second kappa shape index (κ2) is 4.91. The fourth-order valence-corrected chi connectivity index (χ4v) is 3.61. The lowest BCUT2D eigenvalue weighted by Gasteiger charge is -2.21. The highest BCUT2D eigenvalue weighted by molar-refractivity contribution is 6.02. The van der Waals surface area contributed by atoms with Gasteiger partial charge in [-0.2, -0.15) is 0 Å². The number of carbonyl (C=O) groups excluding carboxylic acids is 1. The van der Waals surface area contributed by atoms with Gasteiger partial charge in [-0.15, -0.1) is 0 Å². The van der Waals surface area contributed by atoms with Gasteiger partial charge in [-0.05, 0) is 34.9 Å². The van der Waals surface area contributed by atoms with Gasteiger partial charge in [0.2, 0.25) is 5.91 Å². The van der Waals surface area contributed by atoms with Crippen molar-refractivity contribution >= 4 is 11.6 Å². The third-order valence-electron chi connectivity index (χ3n) is 4.91. The summed E-state index contributed by atoms with van der Waals surface area (Å²) in [5.41, 5.74) is 3.72. The van der Waals surface area contributed by atoms with E-state index in [1.54, 1.807) is 0 Å². The first-order valence-electron chi connectivity index (χ1n) is 7.90. The fourth-order valence-electron chi connectivity index (χ4n) is 3.61. The Morgan fingerprint density at radius 2 is 1.90 bits per heavy atom. The summed E-state index contributed by atoms with van der Waals surface area (Å²) < 4.78 is 0. The van der Waals surface area contributed by atoms with Crippen LogP contribution in [0.1, 0.15) is 69.9 Å². The maximum atomic E-state index is 12.3. The number of hydrogen-bond donors (Lipinski definition) is 1. The first-order valence-corrected chi connectivity index (χ1v) is 7.90. The van der Waals surface area contributed by atoms with Crippen LogP contribution in [0.15, 0.2) is 18.2 Å². The molecule has 0 saturated heterocycles. The van der Waals surface area contributed by atoms with Crippen LogP contribution in [-0.4, -0.2) is 5.91 Å². The van der Waals surface area contributed by atoms with Gasteiger partial charge in [-0.3, -0.25) is 4.79 Å². The smallest absolute Gasteiger partial charge is 0.232 e. The summed E-state index contributed by atoms with van der Waals surface area (Å²) in [7, 11) is 0. The lowest BCUT2D eigenvalue weighted by molar-refractivity contribution is -0.117. The summed E-state index contributed by atoms with van der Waals surface area (Å²) >= 11 is 0. The number of anilines is 1. The maximum Gasteiger partial charge on any atom is 0.232 e. The lowest BCUT2D eigenvalue weighted by atomic mass is 9.83. The van der Waals surface area contributed by atoms with Gasteiger partial charge < -0.3 is 5.32 Å². The predicted octanol–water partition coefficient (Wildman–Crippen LogP) is 4.60. The van der Waals surface area contributed by atoms with Gasteiger partial charge in [0.1, 0.15) is 0 Å². The highest BCUT2D eigenvalue weighted by Crippen LogP contribution is 2.42. The Hall–Kier alpha value is -1.31. The minimum atomic E-state index is 0.0791. The lowest BCUT2D eigenvalue weighted by Crippen LogP contribution is -2.15. The molecule has 108 valence electrons. The number of hydrogen-bond acceptors (Lipinski definition) is 1. The second-order valence-electron chi connectivity index (χ2n) is 7.48. The van der Waals surface area contributed by atoms with Crippen LogP contribution < -0.4 is 5.32 Å². The Morgan fingerprint density at radius 1 is 1.20 bits per heavy atom. The molecule has 1 atom stereocenters. The summed E-state index contributed by atoms with van der Waals surface area (Å²) in [4.78, 5) is 12.3. The Labute approximate surface area is 122 Å². The molecule has 1 aromatic carbocycles. The third-order valence-corrected chi connectivity index (χ3v) is 4.91. The van der Waals surface area contributed by atoms with Crippen LogP contribution >= 0.6 is 0 Å². The predicted molar refractivity (Wildman–Crippen MR) is 83.1 cm³/mol. The van der Waals surface area contributed by atoms with E-state index in [1.807, 2.05) is 0 Å². The second-order valence-corrected chi connectivity index (χ2v) is 7.48. The van der Waals surface area contributed by atoms with Crippen molar-refractivity contribution < 1.29 is 4.79 Å². The summed E-state index contributed by atoms with van der Waals surface area (Å²) in [6.45, 7) is 6.68. The van der Waals surface area contributed by atoms with Crippen molar-refractivity contribution in [2.75, 3.05) is 5.32 Å². The van der Waals surface area contributed by atoms with Crippen molar-refractivity contribution in [3.05, 3.63) is 29.3 Å². The maximum absolute atomic E-state index is 12.3. The first-order chi connectivity index (χ1) is 9.45. The van der Waals surface area contributed by atoms with Crippen LogP contribution in [-0.2, 0) is 10.2 Å². The molecular formula is C18H25NO.